The van der Waals surface area contributed by atoms with Crippen LogP contribution in [0, 0.1) is 6.92 Å². The highest BCUT2D eigenvalue weighted by atomic mass is 16.5. The first-order valence-electron chi connectivity index (χ1n) is 8.16. The number of amides is 1. The molecule has 5 nitrogen and oxygen atoms in total. The van der Waals surface area contributed by atoms with Gasteiger partial charge in [0.2, 0.25) is 5.91 Å². The molecule has 0 aliphatic heterocycles. The fraction of sp³-hybridized carbons (Fsp3) is 0.250. The van der Waals surface area contributed by atoms with Crippen molar-refractivity contribution in [3.63, 3.8) is 0 Å². The number of esters is 1. The van der Waals surface area contributed by atoms with Gasteiger partial charge in [-0.25, -0.2) is 4.79 Å². The minimum atomic E-state index is -0.437. The average molecular weight is 339 g/mol. The minimum absolute atomic E-state index is 0.0737. The van der Waals surface area contributed by atoms with Crippen molar-refractivity contribution in [1.82, 2.24) is 0 Å². The van der Waals surface area contributed by atoms with Crippen LogP contribution in [0.5, 0.6) is 0 Å². The molecule has 2 rings (SSSR count). The van der Waals surface area contributed by atoms with Crippen molar-refractivity contribution < 1.29 is 19.1 Å². The van der Waals surface area contributed by atoms with Gasteiger partial charge < -0.3 is 10.1 Å². The molecule has 1 N–H and O–H groups in total. The number of carbonyl (C=O) groups is 3. The first-order chi connectivity index (χ1) is 12.0. The Hall–Kier alpha value is -2.95. The van der Waals surface area contributed by atoms with Crippen LogP contribution in [0.4, 0.5) is 5.69 Å². The van der Waals surface area contributed by atoms with E-state index >= 15 is 0 Å². The molecule has 2 aromatic carbocycles. The van der Waals surface area contributed by atoms with E-state index in [9.17, 15) is 14.4 Å². The van der Waals surface area contributed by atoms with Gasteiger partial charge in [0.25, 0.3) is 0 Å². The number of rotatable bonds is 7. The molecule has 0 atom stereocenters. The maximum Gasteiger partial charge on any atom is 0.338 e. The third-order valence-corrected chi connectivity index (χ3v) is 3.61. The predicted octanol–water partition coefficient (Wildman–Crippen LogP) is 3.77. The van der Waals surface area contributed by atoms with Crippen LogP contribution in [0.1, 0.15) is 46.0 Å². The molecular weight excluding hydrogens is 318 g/mol. The molecule has 1 amide bonds. The van der Waals surface area contributed by atoms with E-state index in [2.05, 4.69) is 5.32 Å². The summed E-state index contributed by atoms with van der Waals surface area (Å²) in [4.78, 5) is 35.8. The van der Waals surface area contributed by atoms with Crippen LogP contribution in [0.3, 0.4) is 0 Å². The molecule has 0 aromatic heterocycles. The Morgan fingerprint density at radius 1 is 0.960 bits per heavy atom. The number of nitrogens with one attached hydrogen (secondary N) is 1. The van der Waals surface area contributed by atoms with E-state index < -0.39 is 5.97 Å². The fourth-order valence-corrected chi connectivity index (χ4v) is 2.27. The molecule has 0 saturated heterocycles. The second kappa shape index (κ2) is 8.78. The molecule has 5 heteroatoms. The number of benzene rings is 2. The van der Waals surface area contributed by atoms with Crippen molar-refractivity contribution in [3.05, 3.63) is 65.2 Å². The van der Waals surface area contributed by atoms with Gasteiger partial charge in [-0.1, -0.05) is 35.9 Å². The van der Waals surface area contributed by atoms with Crippen LogP contribution in [-0.2, 0) is 9.53 Å². The van der Waals surface area contributed by atoms with Gasteiger partial charge in [-0.2, -0.15) is 0 Å². The van der Waals surface area contributed by atoms with Gasteiger partial charge >= 0.3 is 5.97 Å². The summed E-state index contributed by atoms with van der Waals surface area (Å²) in [5.74, 6) is -0.787. The van der Waals surface area contributed by atoms with Crippen molar-refractivity contribution in [3.8, 4) is 0 Å². The van der Waals surface area contributed by atoms with E-state index in [-0.39, 0.29) is 31.1 Å². The topological polar surface area (TPSA) is 72.5 Å². The summed E-state index contributed by atoms with van der Waals surface area (Å²) >= 11 is 0. The molecule has 0 unspecified atom stereocenters. The second-order valence-electron chi connectivity index (χ2n) is 5.64. The summed E-state index contributed by atoms with van der Waals surface area (Å²) in [5.41, 5.74) is 2.55. The maximum atomic E-state index is 12.1. The average Bonchev–Trinajstić information content (AvgIpc) is 2.61. The van der Waals surface area contributed by atoms with Gasteiger partial charge in [-0.3, -0.25) is 9.59 Å². The van der Waals surface area contributed by atoms with Gasteiger partial charge in [0.05, 0.1) is 12.2 Å². The zero-order valence-corrected chi connectivity index (χ0v) is 14.4. The first-order valence-corrected chi connectivity index (χ1v) is 8.16. The number of aryl methyl sites for hydroxylation is 1. The van der Waals surface area contributed by atoms with Crippen molar-refractivity contribution >= 4 is 23.3 Å². The fourth-order valence-electron chi connectivity index (χ4n) is 2.27. The Labute approximate surface area is 147 Å². The van der Waals surface area contributed by atoms with Gasteiger partial charge in [0.15, 0.2) is 5.78 Å². The summed E-state index contributed by atoms with van der Waals surface area (Å²) in [6, 6.07) is 13.8. The molecule has 0 spiro atoms. The van der Waals surface area contributed by atoms with Crippen molar-refractivity contribution in [2.75, 3.05) is 11.9 Å². The molecule has 0 saturated carbocycles. The highest BCUT2D eigenvalue weighted by Gasteiger charge is 2.11. The van der Waals surface area contributed by atoms with Gasteiger partial charge in [0, 0.05) is 24.1 Å². The third-order valence-electron chi connectivity index (χ3n) is 3.61. The van der Waals surface area contributed by atoms with Crippen molar-refractivity contribution in [2.24, 2.45) is 0 Å². The minimum Gasteiger partial charge on any atom is -0.462 e. The molecule has 0 fully saturated rings. The van der Waals surface area contributed by atoms with E-state index in [1.807, 2.05) is 19.1 Å². The molecule has 25 heavy (non-hydrogen) atoms. The van der Waals surface area contributed by atoms with E-state index in [0.717, 1.165) is 5.56 Å². The SMILES string of the molecule is CCOC(=O)c1cccc(NC(=O)CCC(=O)c2ccc(C)cc2)c1. The lowest BCUT2D eigenvalue weighted by Gasteiger charge is -2.07. The summed E-state index contributed by atoms with van der Waals surface area (Å²) in [7, 11) is 0. The van der Waals surface area contributed by atoms with E-state index in [0.29, 0.717) is 16.8 Å². The van der Waals surface area contributed by atoms with Crippen LogP contribution in [0.15, 0.2) is 48.5 Å². The Morgan fingerprint density at radius 2 is 1.68 bits per heavy atom. The molecule has 0 radical (unpaired) electrons. The van der Waals surface area contributed by atoms with E-state index in [4.69, 9.17) is 4.74 Å². The zero-order chi connectivity index (χ0) is 18.2. The third kappa shape index (κ3) is 5.57. The number of ether oxygens (including phenoxy) is 1. The summed E-state index contributed by atoms with van der Waals surface area (Å²) in [5, 5.41) is 2.70. The quantitative estimate of drug-likeness (QED) is 0.615. The van der Waals surface area contributed by atoms with Crippen molar-refractivity contribution in [1.29, 1.82) is 0 Å². The number of hydrogen-bond donors (Lipinski definition) is 1. The molecule has 0 aliphatic rings. The van der Waals surface area contributed by atoms with Gasteiger partial charge in [-0.05, 0) is 32.0 Å². The van der Waals surface area contributed by atoms with Crippen LogP contribution < -0.4 is 5.32 Å². The number of ketones is 1. The lowest BCUT2D eigenvalue weighted by atomic mass is 10.0. The summed E-state index contributed by atoms with van der Waals surface area (Å²) in [6.45, 7) is 3.97. The van der Waals surface area contributed by atoms with Gasteiger partial charge in [0.1, 0.15) is 0 Å². The highest BCUT2D eigenvalue weighted by molar-refractivity contribution is 6.00. The maximum absolute atomic E-state index is 12.1. The van der Waals surface area contributed by atoms with Crippen molar-refractivity contribution in [2.45, 2.75) is 26.7 Å². The standard InChI is InChI=1S/C20H21NO4/c1-3-25-20(24)16-5-4-6-17(13-16)21-19(23)12-11-18(22)15-9-7-14(2)8-10-15/h4-10,13H,3,11-12H2,1-2H3,(H,21,23). The molecule has 2 aromatic rings. The highest BCUT2D eigenvalue weighted by Crippen LogP contribution is 2.13. The zero-order valence-electron chi connectivity index (χ0n) is 14.4. The lowest BCUT2D eigenvalue weighted by molar-refractivity contribution is -0.116. The van der Waals surface area contributed by atoms with Crippen LogP contribution in [-0.4, -0.2) is 24.3 Å². The van der Waals surface area contributed by atoms with Crippen LogP contribution >= 0.6 is 0 Å². The Balaban J connectivity index is 1.90. The largest absolute Gasteiger partial charge is 0.462 e. The van der Waals surface area contributed by atoms with E-state index in [1.54, 1.807) is 43.3 Å². The number of anilines is 1. The molecule has 0 aliphatic carbocycles. The Bertz CT molecular complexity index is 766. The molecule has 130 valence electrons. The molecule has 0 bridgehead atoms. The Kier molecular flexibility index (Phi) is 6.46. The lowest BCUT2D eigenvalue weighted by Crippen LogP contribution is -2.14. The predicted molar refractivity (Wildman–Crippen MR) is 95.8 cm³/mol. The second-order valence-corrected chi connectivity index (χ2v) is 5.64. The van der Waals surface area contributed by atoms with Gasteiger partial charge in [-0.15, -0.1) is 0 Å². The van der Waals surface area contributed by atoms with E-state index in [1.165, 1.54) is 0 Å². The summed E-state index contributed by atoms with van der Waals surface area (Å²) in [6.07, 6.45) is 0.211. The molecular formula is C20H21NO4. The number of carbonyl (C=O) groups excluding carboxylic acids is 3. The summed E-state index contributed by atoms with van der Waals surface area (Å²) < 4.78 is 4.93. The number of Topliss-reactive ketones (excluding diaryl/α,β-unsaturated/α-hetero) is 1. The smallest absolute Gasteiger partial charge is 0.338 e. The van der Waals surface area contributed by atoms with Crippen LogP contribution in [0.2, 0.25) is 0 Å². The molecule has 0 heterocycles. The monoisotopic (exact) mass is 339 g/mol. The Morgan fingerprint density at radius 3 is 2.36 bits per heavy atom. The first kappa shape index (κ1) is 18.4. The van der Waals surface area contributed by atoms with Crippen LogP contribution in [0.25, 0.3) is 0 Å². The normalized spacial score (nSPS) is 10.2. The number of hydrogen-bond acceptors (Lipinski definition) is 4.